The number of hydrogen-bond acceptors (Lipinski definition) is 2. The molecule has 0 aliphatic heterocycles. The molecule has 0 saturated carbocycles. The van der Waals surface area contributed by atoms with E-state index in [4.69, 9.17) is 10.2 Å². The third kappa shape index (κ3) is 6.58. The molecule has 0 aromatic heterocycles. The first-order valence-electron chi connectivity index (χ1n) is 4.91. The Morgan fingerprint density at radius 1 is 1.23 bits per heavy atom. The summed E-state index contributed by atoms with van der Waals surface area (Å²) in [6.45, 7) is 3.97. The van der Waals surface area contributed by atoms with Gasteiger partial charge in [0.2, 0.25) is 0 Å². The zero-order chi connectivity index (χ0) is 10.3. The molecule has 78 valence electrons. The van der Waals surface area contributed by atoms with E-state index in [1.165, 1.54) is 0 Å². The number of rotatable bonds is 7. The van der Waals surface area contributed by atoms with Gasteiger partial charge in [0.05, 0.1) is 5.92 Å². The molecule has 2 atom stereocenters. The van der Waals surface area contributed by atoms with Crippen molar-refractivity contribution in [2.75, 3.05) is 6.61 Å². The van der Waals surface area contributed by atoms with E-state index in [1.807, 2.05) is 6.92 Å². The van der Waals surface area contributed by atoms with Gasteiger partial charge in [0.1, 0.15) is 0 Å². The fourth-order valence-electron chi connectivity index (χ4n) is 1.16. The third-order valence-corrected chi connectivity index (χ3v) is 2.32. The molecule has 0 radical (unpaired) electrons. The molecule has 0 amide bonds. The number of aliphatic carboxylic acids is 1. The van der Waals surface area contributed by atoms with Crippen LogP contribution in [0.25, 0.3) is 0 Å². The summed E-state index contributed by atoms with van der Waals surface area (Å²) in [5.41, 5.74) is 0. The van der Waals surface area contributed by atoms with Crippen LogP contribution in [0.5, 0.6) is 0 Å². The van der Waals surface area contributed by atoms with Gasteiger partial charge in [0.15, 0.2) is 0 Å². The van der Waals surface area contributed by atoms with Gasteiger partial charge < -0.3 is 10.2 Å². The molecule has 2 N–H and O–H groups in total. The SMILES string of the molecule is CC(CO)CCCCC(C)C(=O)O. The molecular formula is C10H20O3. The number of carbonyl (C=O) groups is 1. The maximum absolute atomic E-state index is 10.4. The lowest BCUT2D eigenvalue weighted by Gasteiger charge is -2.08. The lowest BCUT2D eigenvalue weighted by Crippen LogP contribution is -2.09. The van der Waals surface area contributed by atoms with E-state index >= 15 is 0 Å². The smallest absolute Gasteiger partial charge is 0.306 e. The standard InChI is InChI=1S/C10H20O3/c1-8(7-11)5-3-4-6-9(2)10(12)13/h8-9,11H,3-7H2,1-2H3,(H,12,13). The minimum absolute atomic E-state index is 0.231. The van der Waals surface area contributed by atoms with Crippen LogP contribution in [0.2, 0.25) is 0 Å². The Morgan fingerprint density at radius 3 is 2.23 bits per heavy atom. The van der Waals surface area contributed by atoms with E-state index in [9.17, 15) is 4.79 Å². The predicted molar refractivity (Wildman–Crippen MR) is 51.5 cm³/mol. The van der Waals surface area contributed by atoms with Crippen LogP contribution in [0.15, 0.2) is 0 Å². The molecule has 0 spiro atoms. The summed E-state index contributed by atoms with van der Waals surface area (Å²) in [7, 11) is 0. The lowest BCUT2D eigenvalue weighted by atomic mass is 10.00. The Balaban J connectivity index is 3.30. The van der Waals surface area contributed by atoms with E-state index in [-0.39, 0.29) is 12.5 Å². The van der Waals surface area contributed by atoms with E-state index in [0.29, 0.717) is 5.92 Å². The molecule has 2 unspecified atom stereocenters. The predicted octanol–water partition coefficient (Wildman–Crippen LogP) is 1.90. The largest absolute Gasteiger partial charge is 0.481 e. The van der Waals surface area contributed by atoms with Gasteiger partial charge in [0, 0.05) is 6.61 Å². The maximum atomic E-state index is 10.4. The summed E-state index contributed by atoms with van der Waals surface area (Å²) in [5.74, 6) is -0.597. The van der Waals surface area contributed by atoms with Gasteiger partial charge in [-0.15, -0.1) is 0 Å². The normalized spacial score (nSPS) is 15.3. The highest BCUT2D eigenvalue weighted by molar-refractivity contribution is 5.69. The number of hydrogen-bond donors (Lipinski definition) is 2. The summed E-state index contributed by atoms with van der Waals surface area (Å²) in [4.78, 5) is 10.4. The Labute approximate surface area is 79.8 Å². The molecule has 3 nitrogen and oxygen atoms in total. The lowest BCUT2D eigenvalue weighted by molar-refractivity contribution is -0.141. The molecule has 0 heterocycles. The molecule has 0 aliphatic rings. The first kappa shape index (κ1) is 12.4. The van der Waals surface area contributed by atoms with Crippen molar-refractivity contribution in [2.24, 2.45) is 11.8 Å². The summed E-state index contributed by atoms with van der Waals surface area (Å²) in [5, 5.41) is 17.3. The van der Waals surface area contributed by atoms with Crippen molar-refractivity contribution in [3.8, 4) is 0 Å². The Hall–Kier alpha value is -0.570. The zero-order valence-electron chi connectivity index (χ0n) is 8.49. The van der Waals surface area contributed by atoms with Crippen molar-refractivity contribution < 1.29 is 15.0 Å². The molecule has 3 heteroatoms. The minimum Gasteiger partial charge on any atom is -0.481 e. The van der Waals surface area contributed by atoms with Crippen molar-refractivity contribution in [3.63, 3.8) is 0 Å². The highest BCUT2D eigenvalue weighted by atomic mass is 16.4. The first-order chi connectivity index (χ1) is 6.07. The average molecular weight is 188 g/mol. The number of aliphatic hydroxyl groups excluding tert-OH is 1. The highest BCUT2D eigenvalue weighted by Crippen LogP contribution is 2.12. The van der Waals surface area contributed by atoms with Crippen molar-refractivity contribution in [1.29, 1.82) is 0 Å². The molecule has 13 heavy (non-hydrogen) atoms. The van der Waals surface area contributed by atoms with Crippen molar-refractivity contribution in [1.82, 2.24) is 0 Å². The average Bonchev–Trinajstić information content (AvgIpc) is 2.11. The topological polar surface area (TPSA) is 57.5 Å². The van der Waals surface area contributed by atoms with Gasteiger partial charge in [-0.25, -0.2) is 0 Å². The molecule has 0 aromatic carbocycles. The van der Waals surface area contributed by atoms with Crippen LogP contribution in [-0.2, 0) is 4.79 Å². The Morgan fingerprint density at radius 2 is 1.77 bits per heavy atom. The van der Waals surface area contributed by atoms with Gasteiger partial charge in [-0.3, -0.25) is 4.79 Å². The van der Waals surface area contributed by atoms with Crippen LogP contribution in [0.3, 0.4) is 0 Å². The second-order valence-electron chi connectivity index (χ2n) is 3.81. The van der Waals surface area contributed by atoms with Crippen molar-refractivity contribution in [2.45, 2.75) is 39.5 Å². The molecule has 0 bridgehead atoms. The quantitative estimate of drug-likeness (QED) is 0.600. The summed E-state index contributed by atoms with van der Waals surface area (Å²) in [6, 6.07) is 0. The fraction of sp³-hybridized carbons (Fsp3) is 0.900. The Kier molecular flexibility index (Phi) is 6.59. The number of carboxylic acid groups (broad SMARTS) is 1. The van der Waals surface area contributed by atoms with Crippen LogP contribution in [0.1, 0.15) is 39.5 Å². The number of aliphatic hydroxyl groups is 1. The molecule has 0 aliphatic carbocycles. The number of carboxylic acids is 1. The summed E-state index contributed by atoms with van der Waals surface area (Å²) >= 11 is 0. The van der Waals surface area contributed by atoms with Crippen LogP contribution >= 0.6 is 0 Å². The molecule has 0 aromatic rings. The fourth-order valence-corrected chi connectivity index (χ4v) is 1.16. The van der Waals surface area contributed by atoms with Crippen LogP contribution < -0.4 is 0 Å². The Bertz CT molecular complexity index is 145. The highest BCUT2D eigenvalue weighted by Gasteiger charge is 2.09. The van der Waals surface area contributed by atoms with Crippen LogP contribution in [0.4, 0.5) is 0 Å². The first-order valence-corrected chi connectivity index (χ1v) is 4.91. The number of unbranched alkanes of at least 4 members (excludes halogenated alkanes) is 1. The van der Waals surface area contributed by atoms with Crippen LogP contribution in [-0.4, -0.2) is 22.8 Å². The molecule has 0 rings (SSSR count). The molecule has 0 saturated heterocycles. The van der Waals surface area contributed by atoms with Gasteiger partial charge in [-0.05, 0) is 18.8 Å². The van der Waals surface area contributed by atoms with Crippen molar-refractivity contribution >= 4 is 5.97 Å². The maximum Gasteiger partial charge on any atom is 0.306 e. The second-order valence-corrected chi connectivity index (χ2v) is 3.81. The summed E-state index contributed by atoms with van der Waals surface area (Å²) < 4.78 is 0. The summed E-state index contributed by atoms with van der Waals surface area (Å²) in [6.07, 6.45) is 3.69. The van der Waals surface area contributed by atoms with E-state index in [0.717, 1.165) is 25.7 Å². The zero-order valence-corrected chi connectivity index (χ0v) is 8.49. The minimum atomic E-state index is -0.713. The van der Waals surface area contributed by atoms with E-state index < -0.39 is 5.97 Å². The van der Waals surface area contributed by atoms with Crippen molar-refractivity contribution in [3.05, 3.63) is 0 Å². The second kappa shape index (κ2) is 6.89. The van der Waals surface area contributed by atoms with Crippen LogP contribution in [0, 0.1) is 11.8 Å². The molecular weight excluding hydrogens is 168 g/mol. The van der Waals surface area contributed by atoms with Gasteiger partial charge in [-0.2, -0.15) is 0 Å². The molecule has 0 fully saturated rings. The van der Waals surface area contributed by atoms with Gasteiger partial charge in [-0.1, -0.05) is 26.7 Å². The van der Waals surface area contributed by atoms with E-state index in [2.05, 4.69) is 0 Å². The monoisotopic (exact) mass is 188 g/mol. The van der Waals surface area contributed by atoms with Gasteiger partial charge in [0.25, 0.3) is 0 Å². The van der Waals surface area contributed by atoms with Gasteiger partial charge >= 0.3 is 5.97 Å². The van der Waals surface area contributed by atoms with E-state index in [1.54, 1.807) is 6.92 Å². The third-order valence-electron chi connectivity index (χ3n) is 2.32.